The molecule has 0 bridgehead atoms. The fourth-order valence-corrected chi connectivity index (χ4v) is 2.50. The average molecular weight is 307 g/mol. The van der Waals surface area contributed by atoms with E-state index in [1.54, 1.807) is 51.1 Å². The number of ketones is 1. The zero-order valence-corrected chi connectivity index (χ0v) is 13.2. The van der Waals surface area contributed by atoms with Crippen molar-refractivity contribution in [3.63, 3.8) is 0 Å². The summed E-state index contributed by atoms with van der Waals surface area (Å²) in [5.74, 6) is -0.242. The minimum Gasteiger partial charge on any atom is -0.444 e. The topological polar surface area (TPSA) is 46.6 Å². The van der Waals surface area contributed by atoms with E-state index < -0.39 is 23.9 Å². The number of nitrogens with zero attached hydrogens (tertiary/aromatic N) is 1. The molecule has 120 valence electrons. The van der Waals surface area contributed by atoms with Gasteiger partial charge in [-0.1, -0.05) is 30.3 Å². The van der Waals surface area contributed by atoms with Crippen LogP contribution in [0.5, 0.6) is 0 Å². The van der Waals surface area contributed by atoms with Gasteiger partial charge in [-0.25, -0.2) is 9.18 Å². The number of Topliss-reactive ketones (excluding diaryl/α,β-unsaturated/α-hetero) is 1. The van der Waals surface area contributed by atoms with Gasteiger partial charge >= 0.3 is 6.09 Å². The van der Waals surface area contributed by atoms with Crippen LogP contribution in [-0.4, -0.2) is 41.1 Å². The van der Waals surface area contributed by atoms with Gasteiger partial charge < -0.3 is 4.74 Å². The van der Waals surface area contributed by atoms with Gasteiger partial charge in [-0.05, 0) is 27.2 Å². The van der Waals surface area contributed by atoms with Gasteiger partial charge in [0.15, 0.2) is 5.78 Å². The van der Waals surface area contributed by atoms with E-state index in [1.807, 2.05) is 0 Å². The zero-order valence-electron chi connectivity index (χ0n) is 13.2. The van der Waals surface area contributed by atoms with Gasteiger partial charge in [0.2, 0.25) is 0 Å². The van der Waals surface area contributed by atoms with E-state index in [2.05, 4.69) is 0 Å². The van der Waals surface area contributed by atoms with Crippen LogP contribution in [0, 0.1) is 0 Å². The first-order valence-electron chi connectivity index (χ1n) is 7.51. The Morgan fingerprint density at radius 1 is 1.23 bits per heavy atom. The van der Waals surface area contributed by atoms with Gasteiger partial charge in [0.05, 0.1) is 0 Å². The van der Waals surface area contributed by atoms with Crippen molar-refractivity contribution in [3.05, 3.63) is 35.9 Å². The van der Waals surface area contributed by atoms with E-state index in [9.17, 15) is 14.0 Å². The van der Waals surface area contributed by atoms with Crippen molar-refractivity contribution in [2.75, 3.05) is 6.54 Å². The third kappa shape index (κ3) is 4.06. The first kappa shape index (κ1) is 16.5. The third-order valence-electron chi connectivity index (χ3n) is 3.53. The quantitative estimate of drug-likeness (QED) is 0.784. The molecule has 4 nitrogen and oxygen atoms in total. The van der Waals surface area contributed by atoms with Crippen molar-refractivity contribution in [1.82, 2.24) is 4.90 Å². The maximum Gasteiger partial charge on any atom is 0.410 e. The van der Waals surface area contributed by atoms with E-state index in [4.69, 9.17) is 4.74 Å². The van der Waals surface area contributed by atoms with Gasteiger partial charge in [0.1, 0.15) is 17.8 Å². The molecule has 1 heterocycles. The molecular weight excluding hydrogens is 285 g/mol. The Kier molecular flexibility index (Phi) is 4.84. The largest absolute Gasteiger partial charge is 0.444 e. The molecule has 0 radical (unpaired) electrons. The normalized spacial score (nSPS) is 22.3. The van der Waals surface area contributed by atoms with Crippen LogP contribution in [0.2, 0.25) is 0 Å². The molecule has 2 atom stereocenters. The molecule has 1 aliphatic heterocycles. The Hall–Kier alpha value is -1.91. The minimum atomic E-state index is -1.07. The van der Waals surface area contributed by atoms with Crippen molar-refractivity contribution >= 4 is 11.9 Å². The molecule has 0 aliphatic carbocycles. The van der Waals surface area contributed by atoms with Gasteiger partial charge in [-0.15, -0.1) is 0 Å². The number of amides is 1. The maximum absolute atomic E-state index is 13.8. The predicted octanol–water partition coefficient (Wildman–Crippen LogP) is 3.61. The Morgan fingerprint density at radius 3 is 2.45 bits per heavy atom. The molecule has 22 heavy (non-hydrogen) atoms. The number of carbonyl (C=O) groups excluding carboxylic acids is 2. The molecule has 1 fully saturated rings. The molecule has 0 aromatic heterocycles. The Labute approximate surface area is 130 Å². The first-order chi connectivity index (χ1) is 10.3. The molecule has 2 unspecified atom stereocenters. The molecule has 1 amide bonds. The summed E-state index contributed by atoms with van der Waals surface area (Å²) in [5, 5.41) is 0. The number of rotatable bonds is 2. The van der Waals surface area contributed by atoms with Crippen molar-refractivity contribution in [2.24, 2.45) is 0 Å². The zero-order chi connectivity index (χ0) is 16.3. The Morgan fingerprint density at radius 2 is 1.86 bits per heavy atom. The summed E-state index contributed by atoms with van der Waals surface area (Å²) in [5.41, 5.74) is -0.167. The van der Waals surface area contributed by atoms with Gasteiger partial charge in [0.25, 0.3) is 0 Å². The van der Waals surface area contributed by atoms with Gasteiger partial charge in [-0.3, -0.25) is 9.69 Å². The number of likely N-dealkylation sites (tertiary alicyclic amines) is 1. The summed E-state index contributed by atoms with van der Waals surface area (Å²) in [7, 11) is 0. The van der Waals surface area contributed by atoms with Crippen LogP contribution in [0.25, 0.3) is 0 Å². The van der Waals surface area contributed by atoms with E-state index in [0.717, 1.165) is 0 Å². The summed E-state index contributed by atoms with van der Waals surface area (Å²) in [6.45, 7) is 5.49. The lowest BCUT2D eigenvalue weighted by atomic mass is 9.93. The smallest absolute Gasteiger partial charge is 0.410 e. The standard InChI is InChI=1S/C17H22FNO3/c1-17(2,3)22-16(21)19-10-9-13(18)11-14(19)15(20)12-7-5-4-6-8-12/h4-8,13-14H,9-11H2,1-3H3. The lowest BCUT2D eigenvalue weighted by molar-refractivity contribution is 0.00350. The number of carbonyl (C=O) groups is 2. The highest BCUT2D eigenvalue weighted by Gasteiger charge is 2.38. The number of benzene rings is 1. The van der Waals surface area contributed by atoms with Crippen LogP contribution in [0.1, 0.15) is 44.0 Å². The summed E-state index contributed by atoms with van der Waals surface area (Å²) in [6.07, 6.45) is -1.38. The van der Waals surface area contributed by atoms with Crippen LogP contribution in [0.15, 0.2) is 30.3 Å². The summed E-state index contributed by atoms with van der Waals surface area (Å²) < 4.78 is 19.1. The van der Waals surface area contributed by atoms with E-state index in [-0.39, 0.29) is 25.2 Å². The fourth-order valence-electron chi connectivity index (χ4n) is 2.50. The molecule has 1 saturated heterocycles. The molecule has 5 heteroatoms. The fraction of sp³-hybridized carbons (Fsp3) is 0.529. The summed E-state index contributed by atoms with van der Waals surface area (Å²) in [6, 6.07) is 7.86. The van der Waals surface area contributed by atoms with Crippen molar-refractivity contribution in [3.8, 4) is 0 Å². The second-order valence-electron chi connectivity index (χ2n) is 6.54. The monoisotopic (exact) mass is 307 g/mol. The number of hydrogen-bond acceptors (Lipinski definition) is 3. The number of piperidine rings is 1. The van der Waals surface area contributed by atoms with Crippen molar-refractivity contribution in [1.29, 1.82) is 0 Å². The second-order valence-corrected chi connectivity index (χ2v) is 6.54. The molecule has 0 spiro atoms. The number of halogens is 1. The predicted molar refractivity (Wildman–Crippen MR) is 81.6 cm³/mol. The van der Waals surface area contributed by atoms with Crippen molar-refractivity contribution < 1.29 is 18.7 Å². The van der Waals surface area contributed by atoms with Crippen LogP contribution >= 0.6 is 0 Å². The second kappa shape index (κ2) is 6.46. The molecule has 0 saturated carbocycles. The summed E-state index contributed by atoms with van der Waals surface area (Å²) in [4.78, 5) is 26.3. The van der Waals surface area contributed by atoms with Crippen LogP contribution in [0.3, 0.4) is 0 Å². The first-order valence-corrected chi connectivity index (χ1v) is 7.51. The SMILES string of the molecule is CC(C)(C)OC(=O)N1CCC(F)CC1C(=O)c1ccccc1. The number of alkyl halides is 1. The van der Waals surface area contributed by atoms with Crippen LogP contribution < -0.4 is 0 Å². The van der Waals surface area contributed by atoms with Gasteiger partial charge in [-0.2, -0.15) is 0 Å². The van der Waals surface area contributed by atoms with Gasteiger partial charge in [0, 0.05) is 18.5 Å². The Balaban J connectivity index is 2.20. The highest BCUT2D eigenvalue weighted by atomic mass is 19.1. The molecule has 2 rings (SSSR count). The minimum absolute atomic E-state index is 0.0208. The van der Waals surface area contributed by atoms with E-state index >= 15 is 0 Å². The molecule has 0 N–H and O–H groups in total. The maximum atomic E-state index is 13.8. The number of ether oxygens (including phenoxy) is 1. The van der Waals surface area contributed by atoms with E-state index in [0.29, 0.717) is 5.56 Å². The molecule has 1 aromatic rings. The van der Waals surface area contributed by atoms with Crippen molar-refractivity contribution in [2.45, 2.75) is 51.4 Å². The highest BCUT2D eigenvalue weighted by molar-refractivity contribution is 6.01. The van der Waals surface area contributed by atoms with E-state index in [1.165, 1.54) is 4.90 Å². The van der Waals surface area contributed by atoms with Crippen LogP contribution in [0.4, 0.5) is 9.18 Å². The number of hydrogen-bond donors (Lipinski definition) is 0. The third-order valence-corrected chi connectivity index (χ3v) is 3.53. The van der Waals surface area contributed by atoms with Crippen LogP contribution in [-0.2, 0) is 4.74 Å². The average Bonchev–Trinajstić information content (AvgIpc) is 2.45. The lowest BCUT2D eigenvalue weighted by Gasteiger charge is -2.37. The molecule has 1 aliphatic rings. The highest BCUT2D eigenvalue weighted by Crippen LogP contribution is 2.25. The molecule has 1 aromatic carbocycles. The molecular formula is C17H22FNO3. The Bertz CT molecular complexity index is 539. The lowest BCUT2D eigenvalue weighted by Crippen LogP contribution is -2.52. The summed E-state index contributed by atoms with van der Waals surface area (Å²) >= 11 is 0.